The van der Waals surface area contributed by atoms with Gasteiger partial charge in [0.2, 0.25) is 11.0 Å². The Morgan fingerprint density at radius 2 is 2.00 bits per heavy atom. The zero-order valence-electron chi connectivity index (χ0n) is 13.3. The van der Waals surface area contributed by atoms with E-state index in [-0.39, 0.29) is 17.7 Å². The van der Waals surface area contributed by atoms with Crippen molar-refractivity contribution in [3.05, 3.63) is 0 Å². The SMILES string of the molecule is CC[C@H](C)NC(=O)NC(=O)CSc1nnc(NCC(C)C)s1. The Hall–Kier alpha value is -1.35. The number of thioether (sulfide) groups is 1. The first kappa shape index (κ1) is 18.7. The summed E-state index contributed by atoms with van der Waals surface area (Å²) < 4.78 is 0.698. The molecule has 1 aromatic heterocycles. The van der Waals surface area contributed by atoms with E-state index in [4.69, 9.17) is 0 Å². The quantitative estimate of drug-likeness (QED) is 0.626. The molecule has 7 nitrogen and oxygen atoms in total. The second-order valence-electron chi connectivity index (χ2n) is 5.27. The number of anilines is 1. The van der Waals surface area contributed by atoms with Gasteiger partial charge in [0, 0.05) is 12.6 Å². The molecule has 3 N–H and O–H groups in total. The molecule has 0 aliphatic heterocycles. The average Bonchev–Trinajstić information content (AvgIpc) is 2.90. The highest BCUT2D eigenvalue weighted by molar-refractivity contribution is 8.01. The summed E-state index contributed by atoms with van der Waals surface area (Å²) in [7, 11) is 0. The molecular formula is C13H23N5O2S2. The summed E-state index contributed by atoms with van der Waals surface area (Å²) in [5.41, 5.74) is 0. The summed E-state index contributed by atoms with van der Waals surface area (Å²) >= 11 is 2.66. The number of urea groups is 1. The van der Waals surface area contributed by atoms with E-state index in [0.717, 1.165) is 18.1 Å². The lowest BCUT2D eigenvalue weighted by molar-refractivity contribution is -0.117. The molecule has 0 unspecified atom stereocenters. The van der Waals surface area contributed by atoms with Gasteiger partial charge >= 0.3 is 6.03 Å². The molecule has 3 amide bonds. The normalized spacial score (nSPS) is 12.0. The van der Waals surface area contributed by atoms with E-state index in [0.29, 0.717) is 10.3 Å². The van der Waals surface area contributed by atoms with Crippen LogP contribution in [0.2, 0.25) is 0 Å². The number of nitrogens with zero attached hydrogens (tertiary/aromatic N) is 2. The highest BCUT2D eigenvalue weighted by Crippen LogP contribution is 2.25. The smallest absolute Gasteiger partial charge is 0.321 e. The molecule has 0 radical (unpaired) electrons. The van der Waals surface area contributed by atoms with E-state index >= 15 is 0 Å². The molecular weight excluding hydrogens is 322 g/mol. The number of nitrogens with one attached hydrogen (secondary N) is 3. The van der Waals surface area contributed by atoms with Gasteiger partial charge in [-0.1, -0.05) is 43.9 Å². The van der Waals surface area contributed by atoms with Crippen molar-refractivity contribution < 1.29 is 9.59 Å². The first-order valence-electron chi connectivity index (χ1n) is 7.21. The van der Waals surface area contributed by atoms with Crippen molar-refractivity contribution in [3.63, 3.8) is 0 Å². The number of hydrogen-bond acceptors (Lipinski definition) is 7. The average molecular weight is 345 g/mol. The van der Waals surface area contributed by atoms with Crippen molar-refractivity contribution in [2.75, 3.05) is 17.6 Å². The van der Waals surface area contributed by atoms with Gasteiger partial charge in [-0.05, 0) is 19.3 Å². The van der Waals surface area contributed by atoms with Crippen molar-refractivity contribution in [1.29, 1.82) is 0 Å². The maximum Gasteiger partial charge on any atom is 0.321 e. The van der Waals surface area contributed by atoms with Crippen LogP contribution in [0.25, 0.3) is 0 Å². The zero-order valence-corrected chi connectivity index (χ0v) is 14.9. The summed E-state index contributed by atoms with van der Waals surface area (Å²) in [5, 5.41) is 16.9. The maximum absolute atomic E-state index is 11.7. The molecule has 0 bridgehead atoms. The van der Waals surface area contributed by atoms with Gasteiger partial charge in [0.25, 0.3) is 0 Å². The highest BCUT2D eigenvalue weighted by Gasteiger charge is 2.12. The highest BCUT2D eigenvalue weighted by atomic mass is 32.2. The molecule has 1 atom stereocenters. The molecule has 1 aromatic rings. The van der Waals surface area contributed by atoms with Crippen molar-refractivity contribution in [3.8, 4) is 0 Å². The van der Waals surface area contributed by atoms with Crippen LogP contribution in [-0.4, -0.2) is 40.5 Å². The first-order chi connectivity index (χ1) is 10.4. The van der Waals surface area contributed by atoms with Gasteiger partial charge in [-0.25, -0.2) is 4.79 Å². The van der Waals surface area contributed by atoms with E-state index in [9.17, 15) is 9.59 Å². The summed E-state index contributed by atoms with van der Waals surface area (Å²) in [6.07, 6.45) is 0.813. The predicted octanol–water partition coefficient (Wildman–Crippen LogP) is 2.32. The Morgan fingerprint density at radius 1 is 1.27 bits per heavy atom. The minimum atomic E-state index is -0.462. The summed E-state index contributed by atoms with van der Waals surface area (Å²) in [4.78, 5) is 23.2. The van der Waals surface area contributed by atoms with E-state index in [1.807, 2.05) is 13.8 Å². The Kier molecular flexibility index (Phi) is 8.18. The number of rotatable bonds is 8. The van der Waals surface area contributed by atoms with E-state index in [1.165, 1.54) is 23.1 Å². The Balaban J connectivity index is 2.30. The maximum atomic E-state index is 11.7. The van der Waals surface area contributed by atoms with Crippen LogP contribution in [0.1, 0.15) is 34.1 Å². The van der Waals surface area contributed by atoms with E-state index in [2.05, 4.69) is 40.0 Å². The fourth-order valence-corrected chi connectivity index (χ4v) is 2.84. The molecule has 1 heterocycles. The van der Waals surface area contributed by atoms with Gasteiger partial charge in [-0.2, -0.15) is 0 Å². The summed E-state index contributed by atoms with van der Waals surface area (Å²) in [5.74, 6) is 0.305. The van der Waals surface area contributed by atoms with Crippen LogP contribution >= 0.6 is 23.1 Å². The van der Waals surface area contributed by atoms with Gasteiger partial charge in [0.1, 0.15) is 0 Å². The van der Waals surface area contributed by atoms with E-state index < -0.39 is 6.03 Å². The van der Waals surface area contributed by atoms with Crippen LogP contribution in [0, 0.1) is 5.92 Å². The van der Waals surface area contributed by atoms with Gasteiger partial charge in [-0.3, -0.25) is 10.1 Å². The van der Waals surface area contributed by atoms with Crippen LogP contribution in [0.3, 0.4) is 0 Å². The van der Waals surface area contributed by atoms with Gasteiger partial charge in [0.15, 0.2) is 4.34 Å². The second-order valence-corrected chi connectivity index (χ2v) is 7.47. The lowest BCUT2D eigenvalue weighted by atomic mass is 10.2. The van der Waals surface area contributed by atoms with E-state index in [1.54, 1.807) is 0 Å². The molecule has 0 aliphatic rings. The zero-order chi connectivity index (χ0) is 16.5. The van der Waals surface area contributed by atoms with Crippen molar-refractivity contribution in [2.45, 2.75) is 44.5 Å². The molecule has 0 aromatic carbocycles. The molecule has 0 spiro atoms. The minimum absolute atomic E-state index is 0.0400. The second kappa shape index (κ2) is 9.62. The molecule has 0 saturated heterocycles. The fraction of sp³-hybridized carbons (Fsp3) is 0.692. The lowest BCUT2D eigenvalue weighted by Crippen LogP contribution is -2.43. The Bertz CT molecular complexity index is 493. The largest absolute Gasteiger partial charge is 0.360 e. The minimum Gasteiger partial charge on any atom is -0.360 e. The third-order valence-corrected chi connectivity index (χ3v) is 4.65. The third kappa shape index (κ3) is 7.60. The number of hydrogen-bond donors (Lipinski definition) is 3. The number of imide groups is 1. The molecule has 0 saturated carbocycles. The monoisotopic (exact) mass is 345 g/mol. The third-order valence-electron chi connectivity index (χ3n) is 2.64. The van der Waals surface area contributed by atoms with Crippen molar-refractivity contribution >= 4 is 40.2 Å². The summed E-state index contributed by atoms with van der Waals surface area (Å²) in [6, 6.07) is -0.422. The Morgan fingerprint density at radius 3 is 2.64 bits per heavy atom. The van der Waals surface area contributed by atoms with Crippen LogP contribution in [0.5, 0.6) is 0 Å². The first-order valence-corrected chi connectivity index (χ1v) is 9.01. The molecule has 0 fully saturated rings. The number of amides is 3. The molecule has 22 heavy (non-hydrogen) atoms. The molecule has 124 valence electrons. The van der Waals surface area contributed by atoms with Gasteiger partial charge in [-0.15, -0.1) is 10.2 Å². The van der Waals surface area contributed by atoms with Gasteiger partial charge in [0.05, 0.1) is 5.75 Å². The van der Waals surface area contributed by atoms with Crippen molar-refractivity contribution in [2.24, 2.45) is 5.92 Å². The topological polar surface area (TPSA) is 96.0 Å². The number of aromatic nitrogens is 2. The molecule has 1 rings (SSSR count). The van der Waals surface area contributed by atoms with Crippen LogP contribution in [0.15, 0.2) is 4.34 Å². The Labute approximate surface area is 139 Å². The van der Waals surface area contributed by atoms with Crippen LogP contribution < -0.4 is 16.0 Å². The van der Waals surface area contributed by atoms with Crippen LogP contribution in [-0.2, 0) is 4.79 Å². The summed E-state index contributed by atoms with van der Waals surface area (Å²) in [6.45, 7) is 8.89. The standard InChI is InChI=1S/C13H23N5O2S2/c1-5-9(4)15-11(20)16-10(19)7-21-13-18-17-12(22-13)14-6-8(2)3/h8-9H,5-7H2,1-4H3,(H,14,17)(H2,15,16,19,20)/t9-/m0/s1. The van der Waals surface area contributed by atoms with Crippen LogP contribution in [0.4, 0.5) is 9.93 Å². The molecule has 9 heteroatoms. The fourth-order valence-electron chi connectivity index (χ4n) is 1.28. The number of carbonyl (C=O) groups excluding carboxylic acids is 2. The van der Waals surface area contributed by atoms with Gasteiger partial charge < -0.3 is 10.6 Å². The lowest BCUT2D eigenvalue weighted by Gasteiger charge is -2.11. The van der Waals surface area contributed by atoms with Crippen molar-refractivity contribution in [1.82, 2.24) is 20.8 Å². The molecule has 0 aliphatic carbocycles. The predicted molar refractivity (Wildman–Crippen MR) is 90.4 cm³/mol. The number of carbonyl (C=O) groups is 2.